The van der Waals surface area contributed by atoms with E-state index in [1.54, 1.807) is 0 Å². The number of amides is 1. The average molecular weight is 306 g/mol. The Morgan fingerprint density at radius 3 is 2.76 bits per heavy atom. The molecule has 0 saturated carbocycles. The van der Waals surface area contributed by atoms with Crippen molar-refractivity contribution in [2.24, 2.45) is 0 Å². The molecular weight excluding hydrogens is 292 g/mol. The van der Waals surface area contributed by atoms with Gasteiger partial charge in [0.1, 0.15) is 11.6 Å². The SMILES string of the molecule is CCC(Br)CNC(=O)Cc1ccc(F)cc1F. The van der Waals surface area contributed by atoms with Crippen molar-refractivity contribution in [3.63, 3.8) is 0 Å². The van der Waals surface area contributed by atoms with Gasteiger partial charge in [0.05, 0.1) is 6.42 Å². The Labute approximate surface area is 108 Å². The Morgan fingerprint density at radius 2 is 2.18 bits per heavy atom. The Kier molecular flexibility index (Phi) is 5.55. The van der Waals surface area contributed by atoms with Crippen molar-refractivity contribution in [2.45, 2.75) is 24.6 Å². The van der Waals surface area contributed by atoms with E-state index in [1.807, 2.05) is 6.92 Å². The molecule has 1 aromatic rings. The second-order valence-electron chi connectivity index (χ2n) is 3.72. The number of alkyl halides is 1. The first-order chi connectivity index (χ1) is 8.02. The van der Waals surface area contributed by atoms with Crippen LogP contribution in [0.15, 0.2) is 18.2 Å². The molecule has 0 aliphatic carbocycles. The van der Waals surface area contributed by atoms with Crippen molar-refractivity contribution < 1.29 is 13.6 Å². The van der Waals surface area contributed by atoms with E-state index in [0.29, 0.717) is 6.54 Å². The fourth-order valence-electron chi connectivity index (χ4n) is 1.27. The zero-order valence-corrected chi connectivity index (χ0v) is 11.1. The predicted octanol–water partition coefficient (Wildman–Crippen LogP) is 2.80. The van der Waals surface area contributed by atoms with Gasteiger partial charge in [-0.1, -0.05) is 28.9 Å². The zero-order chi connectivity index (χ0) is 12.8. The minimum atomic E-state index is -0.689. The largest absolute Gasteiger partial charge is 0.355 e. The molecule has 0 saturated heterocycles. The molecule has 1 unspecified atom stereocenters. The number of carbonyl (C=O) groups is 1. The van der Waals surface area contributed by atoms with Crippen molar-refractivity contribution >= 4 is 21.8 Å². The van der Waals surface area contributed by atoms with E-state index in [2.05, 4.69) is 21.2 Å². The predicted molar refractivity (Wildman–Crippen MR) is 66.1 cm³/mol. The average Bonchev–Trinajstić information content (AvgIpc) is 2.29. The van der Waals surface area contributed by atoms with Gasteiger partial charge in [-0.2, -0.15) is 0 Å². The smallest absolute Gasteiger partial charge is 0.224 e. The lowest BCUT2D eigenvalue weighted by molar-refractivity contribution is -0.120. The molecule has 0 aliphatic heterocycles. The fourth-order valence-corrected chi connectivity index (χ4v) is 1.43. The number of hydrogen-bond acceptors (Lipinski definition) is 1. The molecule has 1 rings (SSSR count). The Hall–Kier alpha value is -0.970. The molecule has 17 heavy (non-hydrogen) atoms. The van der Waals surface area contributed by atoms with Crippen LogP contribution in [0.5, 0.6) is 0 Å². The van der Waals surface area contributed by atoms with E-state index < -0.39 is 11.6 Å². The van der Waals surface area contributed by atoms with Crippen LogP contribution in [0.4, 0.5) is 8.78 Å². The maximum atomic E-state index is 13.2. The summed E-state index contributed by atoms with van der Waals surface area (Å²) in [6, 6.07) is 3.21. The standard InChI is InChI=1S/C12H14BrF2NO/c1-2-9(13)7-16-12(17)5-8-3-4-10(14)6-11(8)15/h3-4,6,9H,2,5,7H2,1H3,(H,16,17). The van der Waals surface area contributed by atoms with Crippen LogP contribution >= 0.6 is 15.9 Å². The number of benzene rings is 1. The number of carbonyl (C=O) groups excluding carboxylic acids is 1. The summed E-state index contributed by atoms with van der Waals surface area (Å²) in [6.07, 6.45) is 0.820. The number of hydrogen-bond donors (Lipinski definition) is 1. The van der Waals surface area contributed by atoms with E-state index in [-0.39, 0.29) is 22.7 Å². The van der Waals surface area contributed by atoms with Crippen LogP contribution in [0.3, 0.4) is 0 Å². The van der Waals surface area contributed by atoms with Gasteiger partial charge in [0.25, 0.3) is 0 Å². The molecule has 1 amide bonds. The second kappa shape index (κ2) is 6.69. The molecule has 0 heterocycles. The van der Waals surface area contributed by atoms with E-state index in [9.17, 15) is 13.6 Å². The van der Waals surface area contributed by atoms with Crippen molar-refractivity contribution in [1.82, 2.24) is 5.32 Å². The monoisotopic (exact) mass is 305 g/mol. The summed E-state index contributed by atoms with van der Waals surface area (Å²) in [7, 11) is 0. The third-order valence-electron chi connectivity index (χ3n) is 2.33. The first-order valence-electron chi connectivity index (χ1n) is 5.37. The van der Waals surface area contributed by atoms with Crippen LogP contribution in [0.25, 0.3) is 0 Å². The molecule has 0 spiro atoms. The van der Waals surface area contributed by atoms with Crippen molar-refractivity contribution in [2.75, 3.05) is 6.54 Å². The second-order valence-corrected chi connectivity index (χ2v) is 5.02. The third kappa shape index (κ3) is 4.81. The Morgan fingerprint density at radius 1 is 1.47 bits per heavy atom. The molecule has 5 heteroatoms. The Balaban J connectivity index is 2.50. The van der Waals surface area contributed by atoms with E-state index in [0.717, 1.165) is 18.6 Å². The van der Waals surface area contributed by atoms with Crippen molar-refractivity contribution in [3.8, 4) is 0 Å². The van der Waals surface area contributed by atoms with Crippen LogP contribution in [0, 0.1) is 11.6 Å². The quantitative estimate of drug-likeness (QED) is 0.833. The third-order valence-corrected chi connectivity index (χ3v) is 3.30. The van der Waals surface area contributed by atoms with E-state index in [4.69, 9.17) is 0 Å². The van der Waals surface area contributed by atoms with Gasteiger partial charge in [-0.05, 0) is 18.1 Å². The molecule has 1 aromatic carbocycles. The number of nitrogens with one attached hydrogen (secondary N) is 1. The van der Waals surface area contributed by atoms with Crippen LogP contribution < -0.4 is 5.32 Å². The minimum absolute atomic E-state index is 0.0739. The molecule has 0 aliphatic rings. The summed E-state index contributed by atoms with van der Waals surface area (Å²) < 4.78 is 25.9. The van der Waals surface area contributed by atoms with Crippen LogP contribution in [0.2, 0.25) is 0 Å². The maximum Gasteiger partial charge on any atom is 0.224 e. The van der Waals surface area contributed by atoms with Gasteiger partial charge in [0.15, 0.2) is 0 Å². The van der Waals surface area contributed by atoms with Gasteiger partial charge in [-0.25, -0.2) is 8.78 Å². The van der Waals surface area contributed by atoms with Gasteiger partial charge in [-0.3, -0.25) is 4.79 Å². The fraction of sp³-hybridized carbons (Fsp3) is 0.417. The van der Waals surface area contributed by atoms with Gasteiger partial charge >= 0.3 is 0 Å². The van der Waals surface area contributed by atoms with Gasteiger partial charge < -0.3 is 5.32 Å². The first-order valence-corrected chi connectivity index (χ1v) is 6.29. The molecule has 0 radical (unpaired) electrons. The van der Waals surface area contributed by atoms with Crippen LogP contribution in [-0.4, -0.2) is 17.3 Å². The normalized spacial score (nSPS) is 12.2. The lowest BCUT2D eigenvalue weighted by Crippen LogP contribution is -2.30. The Bertz CT molecular complexity index is 398. The molecule has 0 fully saturated rings. The zero-order valence-electron chi connectivity index (χ0n) is 9.47. The molecule has 1 N–H and O–H groups in total. The number of halogens is 3. The maximum absolute atomic E-state index is 13.2. The first kappa shape index (κ1) is 14.1. The molecule has 0 bridgehead atoms. The lowest BCUT2D eigenvalue weighted by atomic mass is 10.1. The van der Waals surface area contributed by atoms with Gasteiger partial charge in [-0.15, -0.1) is 0 Å². The molecule has 1 atom stereocenters. The number of rotatable bonds is 5. The highest BCUT2D eigenvalue weighted by atomic mass is 79.9. The summed E-state index contributed by atoms with van der Waals surface area (Å²) in [5.41, 5.74) is 0.200. The summed E-state index contributed by atoms with van der Waals surface area (Å²) in [6.45, 7) is 2.49. The lowest BCUT2D eigenvalue weighted by Gasteiger charge is -2.09. The summed E-state index contributed by atoms with van der Waals surface area (Å²) in [4.78, 5) is 11.7. The summed E-state index contributed by atoms with van der Waals surface area (Å²) in [5.74, 6) is -1.60. The van der Waals surface area contributed by atoms with Crippen molar-refractivity contribution in [3.05, 3.63) is 35.4 Å². The van der Waals surface area contributed by atoms with Gasteiger partial charge in [0.2, 0.25) is 5.91 Å². The highest BCUT2D eigenvalue weighted by molar-refractivity contribution is 9.09. The van der Waals surface area contributed by atoms with E-state index in [1.165, 1.54) is 6.07 Å². The van der Waals surface area contributed by atoms with E-state index >= 15 is 0 Å². The summed E-state index contributed by atoms with van der Waals surface area (Å²) in [5, 5.41) is 2.68. The topological polar surface area (TPSA) is 29.1 Å². The van der Waals surface area contributed by atoms with Gasteiger partial charge in [0, 0.05) is 17.4 Å². The highest BCUT2D eigenvalue weighted by Gasteiger charge is 2.10. The van der Waals surface area contributed by atoms with Crippen LogP contribution in [-0.2, 0) is 11.2 Å². The van der Waals surface area contributed by atoms with Crippen molar-refractivity contribution in [1.29, 1.82) is 0 Å². The minimum Gasteiger partial charge on any atom is -0.355 e. The summed E-state index contributed by atoms with van der Waals surface area (Å²) >= 11 is 3.38. The molecular formula is C12H14BrF2NO. The molecule has 94 valence electrons. The van der Waals surface area contributed by atoms with Crippen LogP contribution in [0.1, 0.15) is 18.9 Å². The highest BCUT2D eigenvalue weighted by Crippen LogP contribution is 2.10. The molecule has 0 aromatic heterocycles. The molecule has 2 nitrogen and oxygen atoms in total.